The molecule has 1 unspecified atom stereocenters. The molecule has 0 spiro atoms. The lowest BCUT2D eigenvalue weighted by molar-refractivity contribution is 0.340. The monoisotopic (exact) mass is 286 g/mol. The first-order valence-electron chi connectivity index (χ1n) is 6.36. The smallest absolute Gasteiger partial charge is 0.212 e. The molecule has 0 aliphatic rings. The average molecular weight is 286 g/mol. The molecule has 6 heteroatoms. The third kappa shape index (κ3) is 5.59. The lowest BCUT2D eigenvalue weighted by atomic mass is 10.1. The van der Waals surface area contributed by atoms with Crippen LogP contribution in [-0.2, 0) is 10.0 Å². The number of nitrogens with one attached hydrogen (secondary N) is 2. The highest BCUT2D eigenvalue weighted by Crippen LogP contribution is 2.17. The fraction of sp³-hybridized carbons (Fsp3) is 0.538. The van der Waals surface area contributed by atoms with Gasteiger partial charge in [0.15, 0.2) is 0 Å². The highest BCUT2D eigenvalue weighted by atomic mass is 32.2. The summed E-state index contributed by atoms with van der Waals surface area (Å²) in [6.45, 7) is 5.01. The fourth-order valence-electron chi connectivity index (χ4n) is 1.65. The molecule has 0 aliphatic heterocycles. The van der Waals surface area contributed by atoms with Crippen molar-refractivity contribution in [1.82, 2.24) is 10.0 Å². The van der Waals surface area contributed by atoms with Gasteiger partial charge in [0.1, 0.15) is 5.75 Å². The Bertz CT molecular complexity index is 471. The molecular formula is C13H22N2O3S. The zero-order valence-electron chi connectivity index (χ0n) is 11.6. The van der Waals surface area contributed by atoms with Gasteiger partial charge in [-0.25, -0.2) is 13.1 Å². The van der Waals surface area contributed by atoms with Crippen molar-refractivity contribution in [1.29, 1.82) is 0 Å². The number of benzene rings is 1. The van der Waals surface area contributed by atoms with Crippen LogP contribution in [0.5, 0.6) is 5.75 Å². The molecule has 5 nitrogen and oxygen atoms in total. The first-order valence-corrected chi connectivity index (χ1v) is 8.01. The van der Waals surface area contributed by atoms with Crippen molar-refractivity contribution in [3.05, 3.63) is 29.8 Å². The van der Waals surface area contributed by atoms with E-state index in [1.54, 1.807) is 0 Å². The molecule has 108 valence electrons. The Morgan fingerprint density at radius 1 is 1.26 bits per heavy atom. The number of rotatable bonds is 8. The second kappa shape index (κ2) is 7.47. The van der Waals surface area contributed by atoms with E-state index in [0.29, 0.717) is 13.2 Å². The summed E-state index contributed by atoms with van der Waals surface area (Å²) in [5.74, 6) is 0.918. The van der Waals surface area contributed by atoms with Crippen LogP contribution in [0.25, 0.3) is 0 Å². The second-order valence-electron chi connectivity index (χ2n) is 4.20. The van der Waals surface area contributed by atoms with Crippen LogP contribution < -0.4 is 14.8 Å². The number of hydrogen-bond donors (Lipinski definition) is 2. The molecule has 0 aliphatic carbocycles. The summed E-state index contributed by atoms with van der Waals surface area (Å²) in [7, 11) is -1.72. The minimum Gasteiger partial charge on any atom is -0.494 e. The molecule has 0 saturated heterocycles. The van der Waals surface area contributed by atoms with Crippen LogP contribution in [0, 0.1) is 0 Å². The zero-order chi connectivity index (χ0) is 14.3. The maximum atomic E-state index is 11.3. The molecule has 0 amide bonds. The summed E-state index contributed by atoms with van der Waals surface area (Å²) in [5.41, 5.74) is 1.10. The third-order valence-corrected chi connectivity index (χ3v) is 4.19. The van der Waals surface area contributed by atoms with E-state index in [0.717, 1.165) is 11.3 Å². The van der Waals surface area contributed by atoms with Gasteiger partial charge >= 0.3 is 0 Å². The minimum atomic E-state index is -3.14. The highest BCUT2D eigenvalue weighted by Gasteiger charge is 2.09. The van der Waals surface area contributed by atoms with Gasteiger partial charge in [-0.3, -0.25) is 0 Å². The van der Waals surface area contributed by atoms with Crippen molar-refractivity contribution in [3.8, 4) is 5.75 Å². The van der Waals surface area contributed by atoms with Crippen LogP contribution in [0.15, 0.2) is 24.3 Å². The Balaban J connectivity index is 2.47. The Morgan fingerprint density at radius 3 is 2.42 bits per heavy atom. The van der Waals surface area contributed by atoms with Crippen LogP contribution in [0.2, 0.25) is 0 Å². The normalized spacial score (nSPS) is 13.2. The van der Waals surface area contributed by atoms with E-state index in [1.165, 1.54) is 7.05 Å². The van der Waals surface area contributed by atoms with Gasteiger partial charge in [0.2, 0.25) is 10.0 Å². The SMILES string of the molecule is CCOc1ccc(C(C)NCCS(=O)(=O)NC)cc1. The van der Waals surface area contributed by atoms with Crippen LogP contribution in [-0.4, -0.2) is 34.4 Å². The summed E-state index contributed by atoms with van der Waals surface area (Å²) in [6, 6.07) is 7.90. The zero-order valence-corrected chi connectivity index (χ0v) is 12.5. The third-order valence-electron chi connectivity index (χ3n) is 2.82. The molecule has 0 heterocycles. The van der Waals surface area contributed by atoms with Crippen molar-refractivity contribution in [2.45, 2.75) is 19.9 Å². The van der Waals surface area contributed by atoms with Gasteiger partial charge in [-0.05, 0) is 38.6 Å². The molecule has 0 radical (unpaired) electrons. The van der Waals surface area contributed by atoms with Crippen LogP contribution in [0.1, 0.15) is 25.5 Å². The maximum absolute atomic E-state index is 11.3. The van der Waals surface area contributed by atoms with Gasteiger partial charge in [0.05, 0.1) is 12.4 Å². The molecule has 0 bridgehead atoms. The molecule has 1 aromatic carbocycles. The summed E-state index contributed by atoms with van der Waals surface area (Å²) < 4.78 is 30.2. The quantitative estimate of drug-likeness (QED) is 0.755. The molecule has 0 fully saturated rings. The average Bonchev–Trinajstić information content (AvgIpc) is 2.39. The van der Waals surface area contributed by atoms with Gasteiger partial charge < -0.3 is 10.1 Å². The number of sulfonamides is 1. The molecule has 19 heavy (non-hydrogen) atoms. The standard InChI is InChI=1S/C13H22N2O3S/c1-4-18-13-7-5-12(6-8-13)11(2)15-9-10-19(16,17)14-3/h5-8,11,14-15H,4,9-10H2,1-3H3. The summed E-state index contributed by atoms with van der Waals surface area (Å²) >= 11 is 0. The number of hydrogen-bond acceptors (Lipinski definition) is 4. The molecule has 0 saturated carbocycles. The summed E-state index contributed by atoms with van der Waals surface area (Å²) in [4.78, 5) is 0. The molecule has 1 rings (SSSR count). The van der Waals surface area contributed by atoms with Crippen molar-refractivity contribution >= 4 is 10.0 Å². The van der Waals surface area contributed by atoms with E-state index in [4.69, 9.17) is 4.74 Å². The van der Waals surface area contributed by atoms with Gasteiger partial charge in [-0.1, -0.05) is 12.1 Å². The Hall–Kier alpha value is -1.11. The maximum Gasteiger partial charge on any atom is 0.212 e. The Kier molecular flexibility index (Phi) is 6.27. The van der Waals surface area contributed by atoms with Crippen molar-refractivity contribution in [3.63, 3.8) is 0 Å². The first kappa shape index (κ1) is 15.9. The fourth-order valence-corrected chi connectivity index (χ4v) is 2.24. The summed E-state index contributed by atoms with van der Waals surface area (Å²) in [6.07, 6.45) is 0. The topological polar surface area (TPSA) is 67.4 Å². The van der Waals surface area contributed by atoms with E-state index in [2.05, 4.69) is 10.0 Å². The van der Waals surface area contributed by atoms with Gasteiger partial charge in [-0.15, -0.1) is 0 Å². The van der Waals surface area contributed by atoms with E-state index in [-0.39, 0.29) is 11.8 Å². The van der Waals surface area contributed by atoms with Gasteiger partial charge in [0.25, 0.3) is 0 Å². The Morgan fingerprint density at radius 2 is 1.89 bits per heavy atom. The molecule has 1 aromatic rings. The van der Waals surface area contributed by atoms with Crippen LogP contribution in [0.3, 0.4) is 0 Å². The van der Waals surface area contributed by atoms with Crippen LogP contribution >= 0.6 is 0 Å². The first-order chi connectivity index (χ1) is 8.98. The largest absolute Gasteiger partial charge is 0.494 e. The van der Waals surface area contributed by atoms with E-state index in [1.807, 2.05) is 38.1 Å². The van der Waals surface area contributed by atoms with E-state index in [9.17, 15) is 8.42 Å². The molecule has 0 aromatic heterocycles. The summed E-state index contributed by atoms with van der Waals surface area (Å²) in [5, 5.41) is 3.18. The number of ether oxygens (including phenoxy) is 1. The predicted molar refractivity (Wildman–Crippen MR) is 76.9 cm³/mol. The van der Waals surface area contributed by atoms with Gasteiger partial charge in [-0.2, -0.15) is 0 Å². The van der Waals surface area contributed by atoms with E-state index < -0.39 is 10.0 Å². The second-order valence-corrected chi connectivity index (χ2v) is 6.25. The lowest BCUT2D eigenvalue weighted by Crippen LogP contribution is -2.30. The van der Waals surface area contributed by atoms with Gasteiger partial charge in [0, 0.05) is 12.6 Å². The highest BCUT2D eigenvalue weighted by molar-refractivity contribution is 7.89. The molecule has 1 atom stereocenters. The minimum absolute atomic E-state index is 0.0743. The van der Waals surface area contributed by atoms with Crippen LogP contribution in [0.4, 0.5) is 0 Å². The Labute approximate surface area is 115 Å². The van der Waals surface area contributed by atoms with Crippen molar-refractivity contribution in [2.75, 3.05) is 26.0 Å². The molecular weight excluding hydrogens is 264 g/mol. The van der Waals surface area contributed by atoms with Crippen molar-refractivity contribution in [2.24, 2.45) is 0 Å². The molecule has 2 N–H and O–H groups in total. The van der Waals surface area contributed by atoms with Crippen molar-refractivity contribution < 1.29 is 13.2 Å². The van der Waals surface area contributed by atoms with E-state index >= 15 is 0 Å². The lowest BCUT2D eigenvalue weighted by Gasteiger charge is -2.14. The predicted octanol–water partition coefficient (Wildman–Crippen LogP) is 1.29.